The van der Waals surface area contributed by atoms with Crippen LogP contribution in [0.1, 0.15) is 32.1 Å². The SMILES string of the molecule is CSN1CCC2CCCC1C2. The zero-order chi connectivity index (χ0) is 7.68. The Kier molecular flexibility index (Phi) is 2.42. The van der Waals surface area contributed by atoms with Crippen molar-refractivity contribution < 1.29 is 0 Å². The van der Waals surface area contributed by atoms with E-state index in [1.54, 1.807) is 0 Å². The predicted molar refractivity (Wildman–Crippen MR) is 50.6 cm³/mol. The average Bonchev–Trinajstić information content (AvgIpc) is 2.06. The maximum absolute atomic E-state index is 2.59. The monoisotopic (exact) mass is 171 g/mol. The molecule has 2 bridgehead atoms. The van der Waals surface area contributed by atoms with Gasteiger partial charge in [0.1, 0.15) is 0 Å². The van der Waals surface area contributed by atoms with Crippen molar-refractivity contribution in [3.8, 4) is 0 Å². The third-order valence-corrected chi connectivity index (χ3v) is 4.10. The lowest BCUT2D eigenvalue weighted by molar-refractivity contribution is 0.153. The molecular weight excluding hydrogens is 154 g/mol. The van der Waals surface area contributed by atoms with Gasteiger partial charge in [0.15, 0.2) is 0 Å². The van der Waals surface area contributed by atoms with Crippen molar-refractivity contribution in [1.29, 1.82) is 0 Å². The topological polar surface area (TPSA) is 3.24 Å². The van der Waals surface area contributed by atoms with E-state index in [1.807, 2.05) is 11.9 Å². The van der Waals surface area contributed by atoms with Crippen LogP contribution in [0.15, 0.2) is 0 Å². The van der Waals surface area contributed by atoms with E-state index in [0.29, 0.717) is 0 Å². The first-order valence-corrected chi connectivity index (χ1v) is 5.89. The molecule has 0 amide bonds. The van der Waals surface area contributed by atoms with Gasteiger partial charge in [-0.2, -0.15) is 0 Å². The summed E-state index contributed by atoms with van der Waals surface area (Å²) in [5.74, 6) is 1.08. The van der Waals surface area contributed by atoms with Crippen molar-refractivity contribution in [2.24, 2.45) is 5.92 Å². The Hall–Kier alpha value is 0.310. The molecule has 1 aliphatic heterocycles. The van der Waals surface area contributed by atoms with E-state index in [-0.39, 0.29) is 0 Å². The number of hydrogen-bond acceptors (Lipinski definition) is 2. The molecule has 2 atom stereocenters. The van der Waals surface area contributed by atoms with Crippen LogP contribution in [-0.4, -0.2) is 23.1 Å². The molecule has 1 heterocycles. The van der Waals surface area contributed by atoms with Crippen molar-refractivity contribution in [2.75, 3.05) is 12.8 Å². The normalized spacial score (nSPS) is 39.0. The lowest BCUT2D eigenvalue weighted by atomic mass is 9.81. The van der Waals surface area contributed by atoms with E-state index >= 15 is 0 Å². The van der Waals surface area contributed by atoms with Crippen molar-refractivity contribution in [3.05, 3.63) is 0 Å². The van der Waals surface area contributed by atoms with E-state index in [4.69, 9.17) is 0 Å². The molecule has 1 saturated heterocycles. The van der Waals surface area contributed by atoms with Crippen LogP contribution in [0, 0.1) is 5.92 Å². The summed E-state index contributed by atoms with van der Waals surface area (Å²) in [6.07, 6.45) is 9.61. The Morgan fingerprint density at radius 1 is 1.27 bits per heavy atom. The van der Waals surface area contributed by atoms with Gasteiger partial charge in [-0.15, -0.1) is 0 Å². The molecule has 1 nitrogen and oxygen atoms in total. The zero-order valence-electron chi connectivity index (χ0n) is 7.25. The molecule has 2 fully saturated rings. The Morgan fingerprint density at radius 2 is 2.18 bits per heavy atom. The number of hydrogen-bond donors (Lipinski definition) is 0. The third-order valence-electron chi connectivity index (χ3n) is 3.15. The van der Waals surface area contributed by atoms with Gasteiger partial charge < -0.3 is 0 Å². The Morgan fingerprint density at radius 3 is 3.00 bits per heavy atom. The molecule has 0 spiro atoms. The van der Waals surface area contributed by atoms with Gasteiger partial charge in [0.05, 0.1) is 0 Å². The van der Waals surface area contributed by atoms with Crippen molar-refractivity contribution in [3.63, 3.8) is 0 Å². The minimum atomic E-state index is 0.928. The molecule has 0 aromatic rings. The second-order valence-electron chi connectivity index (χ2n) is 3.80. The van der Waals surface area contributed by atoms with Gasteiger partial charge >= 0.3 is 0 Å². The van der Waals surface area contributed by atoms with Gasteiger partial charge in [0.25, 0.3) is 0 Å². The van der Waals surface area contributed by atoms with Crippen molar-refractivity contribution >= 4 is 11.9 Å². The Labute approximate surface area is 73.7 Å². The number of rotatable bonds is 1. The predicted octanol–water partition coefficient (Wildman–Crippen LogP) is 2.53. The van der Waals surface area contributed by atoms with Crippen LogP contribution in [0.3, 0.4) is 0 Å². The quantitative estimate of drug-likeness (QED) is 0.558. The van der Waals surface area contributed by atoms with Crippen molar-refractivity contribution in [2.45, 2.75) is 38.1 Å². The smallest absolute Gasteiger partial charge is 0.0205 e. The van der Waals surface area contributed by atoms with Crippen LogP contribution in [0.2, 0.25) is 0 Å². The molecule has 0 radical (unpaired) electrons. The molecule has 64 valence electrons. The first-order valence-electron chi connectivity index (χ1n) is 4.71. The molecule has 1 aliphatic carbocycles. The molecule has 2 rings (SSSR count). The van der Waals surface area contributed by atoms with Crippen LogP contribution in [0.25, 0.3) is 0 Å². The molecule has 0 aromatic carbocycles. The summed E-state index contributed by atoms with van der Waals surface area (Å²) in [4.78, 5) is 0. The molecule has 0 aromatic heterocycles. The largest absolute Gasteiger partial charge is 0.248 e. The summed E-state index contributed by atoms with van der Waals surface area (Å²) >= 11 is 1.95. The van der Waals surface area contributed by atoms with Crippen LogP contribution in [0.4, 0.5) is 0 Å². The Bertz CT molecular complexity index is 138. The molecule has 2 aliphatic rings. The lowest BCUT2D eigenvalue weighted by Crippen LogP contribution is -2.40. The first kappa shape index (κ1) is 7.93. The summed E-state index contributed by atoms with van der Waals surface area (Å²) in [5.41, 5.74) is 0. The second-order valence-corrected chi connectivity index (χ2v) is 4.63. The molecule has 2 unspecified atom stereocenters. The highest BCUT2D eigenvalue weighted by Gasteiger charge is 2.30. The third kappa shape index (κ3) is 1.57. The van der Waals surface area contributed by atoms with Crippen LogP contribution in [-0.2, 0) is 0 Å². The highest BCUT2D eigenvalue weighted by atomic mass is 32.2. The summed E-state index contributed by atoms with van der Waals surface area (Å²) in [6, 6.07) is 0.928. The molecule has 11 heavy (non-hydrogen) atoms. The maximum Gasteiger partial charge on any atom is 0.0205 e. The molecular formula is C9H17NS. The number of piperidine rings is 1. The van der Waals surface area contributed by atoms with E-state index in [1.165, 1.54) is 38.6 Å². The summed E-state index contributed by atoms with van der Waals surface area (Å²) in [5, 5.41) is 0. The zero-order valence-corrected chi connectivity index (χ0v) is 8.07. The standard InChI is InChI=1S/C9H17NS/c1-11-10-6-5-8-3-2-4-9(10)7-8/h8-9H,2-7H2,1H3. The van der Waals surface area contributed by atoms with Crippen LogP contribution >= 0.6 is 11.9 Å². The van der Waals surface area contributed by atoms with Gasteiger partial charge in [-0.25, -0.2) is 4.31 Å². The van der Waals surface area contributed by atoms with Gasteiger partial charge in [0.2, 0.25) is 0 Å². The van der Waals surface area contributed by atoms with E-state index in [2.05, 4.69) is 10.6 Å². The lowest BCUT2D eigenvalue weighted by Gasteiger charge is -2.41. The minimum Gasteiger partial charge on any atom is -0.248 e. The van der Waals surface area contributed by atoms with E-state index < -0.39 is 0 Å². The van der Waals surface area contributed by atoms with Crippen LogP contribution < -0.4 is 0 Å². The van der Waals surface area contributed by atoms with E-state index in [9.17, 15) is 0 Å². The minimum absolute atomic E-state index is 0.928. The van der Waals surface area contributed by atoms with Gasteiger partial charge in [-0.1, -0.05) is 24.8 Å². The molecule has 0 N–H and O–H groups in total. The van der Waals surface area contributed by atoms with Crippen LogP contribution in [0.5, 0.6) is 0 Å². The highest BCUT2D eigenvalue weighted by molar-refractivity contribution is 7.96. The van der Waals surface area contributed by atoms with Crippen molar-refractivity contribution in [1.82, 2.24) is 4.31 Å². The van der Waals surface area contributed by atoms with Gasteiger partial charge in [-0.3, -0.25) is 0 Å². The fraction of sp³-hybridized carbons (Fsp3) is 1.00. The van der Waals surface area contributed by atoms with Gasteiger partial charge in [0, 0.05) is 12.6 Å². The number of fused-ring (bicyclic) bond motifs is 2. The first-order chi connectivity index (χ1) is 5.40. The molecule has 1 saturated carbocycles. The average molecular weight is 171 g/mol. The second kappa shape index (κ2) is 3.36. The fourth-order valence-corrected chi connectivity index (χ4v) is 3.30. The molecule has 2 heteroatoms. The maximum atomic E-state index is 2.59. The van der Waals surface area contributed by atoms with E-state index in [0.717, 1.165) is 12.0 Å². The summed E-state index contributed by atoms with van der Waals surface area (Å²) in [6.45, 7) is 1.34. The summed E-state index contributed by atoms with van der Waals surface area (Å²) < 4.78 is 2.59. The summed E-state index contributed by atoms with van der Waals surface area (Å²) in [7, 11) is 0. The highest BCUT2D eigenvalue weighted by Crippen LogP contribution is 2.36. The van der Waals surface area contributed by atoms with Gasteiger partial charge in [-0.05, 0) is 31.4 Å². The fourth-order valence-electron chi connectivity index (χ4n) is 2.52. The number of nitrogens with zero attached hydrogens (tertiary/aromatic N) is 1. The Balaban J connectivity index is 1.97.